The molecule has 0 atom stereocenters. The summed E-state index contributed by atoms with van der Waals surface area (Å²) in [5, 5.41) is 27.5. The van der Waals surface area contributed by atoms with Crippen molar-refractivity contribution in [1.82, 2.24) is 15.1 Å². The van der Waals surface area contributed by atoms with Crippen molar-refractivity contribution in [3.8, 4) is 22.8 Å². The predicted molar refractivity (Wildman–Crippen MR) is 106 cm³/mol. The molecular formula is C20H21ClN4O2. The molecule has 0 spiro atoms. The number of fused-ring (bicyclic) bond motifs is 1. The average Bonchev–Trinajstić information content (AvgIpc) is 3.19. The quantitative estimate of drug-likeness (QED) is 0.639. The Balaban J connectivity index is 1.54. The highest BCUT2D eigenvalue weighted by Crippen LogP contribution is 2.40. The number of phenolic OH excluding ortho intramolecular Hbond substituents is 2. The first-order valence-electron chi connectivity index (χ1n) is 8.69. The fourth-order valence-electron chi connectivity index (χ4n) is 3.44. The molecule has 0 aliphatic carbocycles. The number of phenols is 2. The molecule has 3 aromatic rings. The third-order valence-electron chi connectivity index (χ3n) is 4.90. The lowest BCUT2D eigenvalue weighted by Crippen LogP contribution is -2.16. The lowest BCUT2D eigenvalue weighted by Gasteiger charge is -2.17. The number of nitrogens with one attached hydrogen (secondary N) is 1. The smallest absolute Gasteiger partial charge is 0.137 e. The molecule has 0 radical (unpaired) electrons. The van der Waals surface area contributed by atoms with Crippen LogP contribution in [0, 0.1) is 0 Å². The molecule has 0 amide bonds. The van der Waals surface area contributed by atoms with Crippen LogP contribution in [0.5, 0.6) is 11.5 Å². The molecule has 1 aliphatic heterocycles. The zero-order chi connectivity index (χ0) is 19.1. The summed E-state index contributed by atoms with van der Waals surface area (Å²) < 4.78 is 0. The minimum atomic E-state index is -0.145. The first-order chi connectivity index (χ1) is 12.9. The van der Waals surface area contributed by atoms with Gasteiger partial charge in [0, 0.05) is 56.6 Å². The Bertz CT molecular complexity index is 982. The lowest BCUT2D eigenvalue weighted by atomic mass is 10.1. The third kappa shape index (κ3) is 3.34. The van der Waals surface area contributed by atoms with Crippen LogP contribution in [0.2, 0.25) is 5.02 Å². The maximum atomic E-state index is 10.2. The minimum absolute atomic E-state index is 0.0380. The second-order valence-electron chi connectivity index (χ2n) is 7.06. The van der Waals surface area contributed by atoms with Crippen molar-refractivity contribution in [2.75, 3.05) is 19.0 Å². The molecule has 27 heavy (non-hydrogen) atoms. The van der Waals surface area contributed by atoms with Crippen molar-refractivity contribution < 1.29 is 10.2 Å². The van der Waals surface area contributed by atoms with E-state index in [2.05, 4.69) is 44.3 Å². The van der Waals surface area contributed by atoms with Crippen molar-refractivity contribution in [3.05, 3.63) is 58.2 Å². The van der Waals surface area contributed by atoms with Crippen LogP contribution in [0.3, 0.4) is 0 Å². The number of hydrogen-bond acceptors (Lipinski definition) is 5. The van der Waals surface area contributed by atoms with Gasteiger partial charge in [-0.2, -0.15) is 5.10 Å². The van der Waals surface area contributed by atoms with Gasteiger partial charge in [0.05, 0.1) is 10.7 Å². The van der Waals surface area contributed by atoms with E-state index in [0.29, 0.717) is 11.3 Å². The maximum Gasteiger partial charge on any atom is 0.137 e. The first kappa shape index (κ1) is 17.7. The van der Waals surface area contributed by atoms with E-state index in [1.54, 1.807) is 6.07 Å². The van der Waals surface area contributed by atoms with Crippen LogP contribution in [0.4, 0.5) is 5.69 Å². The summed E-state index contributed by atoms with van der Waals surface area (Å²) in [6.45, 7) is 2.33. The molecule has 0 unspecified atom stereocenters. The number of rotatable bonds is 4. The SMILES string of the molecule is CN(C)c1ccc(CN2Cc3[nH]nc(-c4cc(Cl)c(O)cc4O)c3C2)cc1. The third-order valence-corrected chi connectivity index (χ3v) is 5.20. The Hall–Kier alpha value is -2.70. The molecule has 6 nitrogen and oxygen atoms in total. The normalized spacial score (nSPS) is 13.7. The first-order valence-corrected chi connectivity index (χ1v) is 9.06. The molecular weight excluding hydrogens is 364 g/mol. The number of aromatic nitrogens is 2. The number of H-pyrrole nitrogens is 1. The molecule has 2 aromatic carbocycles. The Morgan fingerprint density at radius 3 is 2.56 bits per heavy atom. The number of hydrogen-bond donors (Lipinski definition) is 3. The summed E-state index contributed by atoms with van der Waals surface area (Å²) in [6, 6.07) is 11.3. The zero-order valence-electron chi connectivity index (χ0n) is 15.2. The van der Waals surface area contributed by atoms with Crippen LogP contribution in [0.15, 0.2) is 36.4 Å². The molecule has 1 aliphatic rings. The highest BCUT2D eigenvalue weighted by Gasteiger charge is 2.27. The van der Waals surface area contributed by atoms with Gasteiger partial charge >= 0.3 is 0 Å². The molecule has 4 rings (SSSR count). The predicted octanol–water partition coefficient (Wildman–Crippen LogP) is 3.72. The second-order valence-corrected chi connectivity index (χ2v) is 7.46. The number of anilines is 1. The molecule has 2 heterocycles. The van der Waals surface area contributed by atoms with E-state index < -0.39 is 0 Å². The van der Waals surface area contributed by atoms with Crippen LogP contribution in [0.25, 0.3) is 11.3 Å². The van der Waals surface area contributed by atoms with E-state index in [0.717, 1.165) is 30.9 Å². The van der Waals surface area contributed by atoms with Crippen LogP contribution in [0.1, 0.15) is 16.8 Å². The average molecular weight is 385 g/mol. The summed E-state index contributed by atoms with van der Waals surface area (Å²) in [5.41, 5.74) is 5.71. The van der Waals surface area contributed by atoms with Gasteiger partial charge in [-0.05, 0) is 23.8 Å². The van der Waals surface area contributed by atoms with Gasteiger partial charge in [0.2, 0.25) is 0 Å². The van der Waals surface area contributed by atoms with Crippen LogP contribution < -0.4 is 4.90 Å². The van der Waals surface area contributed by atoms with Crippen LogP contribution >= 0.6 is 11.6 Å². The zero-order valence-corrected chi connectivity index (χ0v) is 16.0. The van der Waals surface area contributed by atoms with E-state index in [9.17, 15) is 10.2 Å². The Morgan fingerprint density at radius 2 is 1.85 bits per heavy atom. The van der Waals surface area contributed by atoms with Gasteiger partial charge in [-0.25, -0.2) is 0 Å². The topological polar surface area (TPSA) is 75.6 Å². The Labute approximate surface area is 162 Å². The van der Waals surface area contributed by atoms with Crippen molar-refractivity contribution >= 4 is 17.3 Å². The number of nitrogens with zero attached hydrogens (tertiary/aromatic N) is 3. The van der Waals surface area contributed by atoms with E-state index in [-0.39, 0.29) is 16.5 Å². The van der Waals surface area contributed by atoms with Crippen LogP contribution in [-0.4, -0.2) is 39.4 Å². The molecule has 1 aromatic heterocycles. The summed E-state index contributed by atoms with van der Waals surface area (Å²) in [6.07, 6.45) is 0. The fourth-order valence-corrected chi connectivity index (χ4v) is 3.60. The highest BCUT2D eigenvalue weighted by molar-refractivity contribution is 6.32. The minimum Gasteiger partial charge on any atom is -0.507 e. The number of benzene rings is 2. The van der Waals surface area contributed by atoms with E-state index in [4.69, 9.17) is 11.6 Å². The standard InChI is InChI=1S/C20H21ClN4O2/c1-24(2)13-5-3-12(4-6-13)9-25-10-15-17(11-25)22-23-20(15)14-7-16(21)19(27)8-18(14)26/h3-8,26-27H,9-11H2,1-2H3,(H,22,23). The number of aromatic amines is 1. The highest BCUT2D eigenvalue weighted by atomic mass is 35.5. The van der Waals surface area contributed by atoms with Gasteiger partial charge < -0.3 is 15.1 Å². The fraction of sp³-hybridized carbons (Fsp3) is 0.250. The number of halogens is 1. The van der Waals surface area contributed by atoms with Crippen molar-refractivity contribution in [1.29, 1.82) is 0 Å². The van der Waals surface area contributed by atoms with Crippen LogP contribution in [-0.2, 0) is 19.6 Å². The molecule has 3 N–H and O–H groups in total. The summed E-state index contributed by atoms with van der Waals surface area (Å²) in [5.74, 6) is -0.184. The van der Waals surface area contributed by atoms with Gasteiger partial charge in [-0.1, -0.05) is 23.7 Å². The molecule has 0 bridgehead atoms. The van der Waals surface area contributed by atoms with Crippen molar-refractivity contribution in [2.45, 2.75) is 19.6 Å². The largest absolute Gasteiger partial charge is 0.507 e. The van der Waals surface area contributed by atoms with Gasteiger partial charge in [0.1, 0.15) is 17.2 Å². The Morgan fingerprint density at radius 1 is 1.11 bits per heavy atom. The molecule has 0 saturated heterocycles. The number of aromatic hydroxyl groups is 2. The monoisotopic (exact) mass is 384 g/mol. The van der Waals surface area contributed by atoms with Gasteiger partial charge in [-0.15, -0.1) is 0 Å². The second kappa shape index (κ2) is 6.79. The summed E-state index contributed by atoms with van der Waals surface area (Å²) >= 11 is 6.01. The van der Waals surface area contributed by atoms with E-state index in [1.165, 1.54) is 17.3 Å². The van der Waals surface area contributed by atoms with Gasteiger partial charge in [0.25, 0.3) is 0 Å². The van der Waals surface area contributed by atoms with Crippen molar-refractivity contribution in [2.24, 2.45) is 0 Å². The molecule has 0 fully saturated rings. The summed E-state index contributed by atoms with van der Waals surface area (Å²) in [7, 11) is 4.06. The van der Waals surface area contributed by atoms with Gasteiger partial charge in [-0.3, -0.25) is 10.00 Å². The maximum absolute atomic E-state index is 10.2. The van der Waals surface area contributed by atoms with E-state index in [1.807, 2.05) is 14.1 Å². The Kier molecular flexibility index (Phi) is 4.45. The lowest BCUT2D eigenvalue weighted by molar-refractivity contribution is 0.272. The summed E-state index contributed by atoms with van der Waals surface area (Å²) in [4.78, 5) is 4.40. The van der Waals surface area contributed by atoms with E-state index >= 15 is 0 Å². The molecule has 140 valence electrons. The van der Waals surface area contributed by atoms with Crippen molar-refractivity contribution in [3.63, 3.8) is 0 Å². The molecule has 7 heteroatoms. The van der Waals surface area contributed by atoms with Gasteiger partial charge in [0.15, 0.2) is 0 Å². The molecule has 0 saturated carbocycles.